The summed E-state index contributed by atoms with van der Waals surface area (Å²) in [5, 5.41) is 15.7. The summed E-state index contributed by atoms with van der Waals surface area (Å²) in [5.41, 5.74) is 1.80. The molecule has 0 aliphatic carbocycles. The first-order valence-electron chi connectivity index (χ1n) is 7.15. The summed E-state index contributed by atoms with van der Waals surface area (Å²) in [6, 6.07) is 13.7. The minimum absolute atomic E-state index is 0.0449. The smallest absolute Gasteiger partial charge is 0.259 e. The Kier molecular flexibility index (Phi) is 4.98. The Hall–Kier alpha value is -2.57. The number of nitrogens with zero attached hydrogens (tertiary/aromatic N) is 1. The van der Waals surface area contributed by atoms with Crippen LogP contribution in [0.3, 0.4) is 0 Å². The second kappa shape index (κ2) is 7.33. The number of thiazole rings is 1. The average molecular weight is 360 g/mol. The summed E-state index contributed by atoms with van der Waals surface area (Å²) in [6.07, 6.45) is 1.74. The van der Waals surface area contributed by atoms with Crippen molar-refractivity contribution in [1.82, 2.24) is 4.98 Å². The maximum Gasteiger partial charge on any atom is 0.259 e. The number of anilines is 2. The molecule has 0 spiro atoms. The van der Waals surface area contributed by atoms with E-state index in [0.717, 1.165) is 10.6 Å². The predicted octanol–water partition coefficient (Wildman–Crippen LogP) is 4.37. The van der Waals surface area contributed by atoms with Gasteiger partial charge in [-0.3, -0.25) is 4.79 Å². The highest BCUT2D eigenvalue weighted by atomic mass is 35.5. The van der Waals surface area contributed by atoms with Crippen LogP contribution in [-0.4, -0.2) is 16.0 Å². The molecule has 5 nitrogen and oxygen atoms in total. The minimum Gasteiger partial charge on any atom is -0.507 e. The van der Waals surface area contributed by atoms with Gasteiger partial charge >= 0.3 is 0 Å². The molecular weight excluding hydrogens is 346 g/mol. The number of amides is 1. The van der Waals surface area contributed by atoms with Crippen LogP contribution in [0.2, 0.25) is 4.47 Å². The monoisotopic (exact) mass is 359 g/mol. The summed E-state index contributed by atoms with van der Waals surface area (Å²) in [7, 11) is 0. The van der Waals surface area contributed by atoms with E-state index in [4.69, 9.17) is 11.6 Å². The lowest BCUT2D eigenvalue weighted by atomic mass is 10.2. The Morgan fingerprint density at radius 1 is 1.12 bits per heavy atom. The molecular formula is C17H14ClN3O2S. The minimum atomic E-state index is -0.354. The lowest BCUT2D eigenvalue weighted by Crippen LogP contribution is -2.11. The van der Waals surface area contributed by atoms with Crippen molar-refractivity contribution >= 4 is 40.2 Å². The molecule has 0 radical (unpaired) electrons. The Morgan fingerprint density at radius 3 is 2.50 bits per heavy atom. The van der Waals surface area contributed by atoms with Gasteiger partial charge in [-0.2, -0.15) is 0 Å². The first-order valence-corrected chi connectivity index (χ1v) is 8.35. The second-order valence-electron chi connectivity index (χ2n) is 4.98. The van der Waals surface area contributed by atoms with Crippen LogP contribution in [0.5, 0.6) is 5.75 Å². The summed E-state index contributed by atoms with van der Waals surface area (Å²) >= 11 is 7.22. The van der Waals surface area contributed by atoms with Crippen molar-refractivity contribution in [3.63, 3.8) is 0 Å². The van der Waals surface area contributed by atoms with E-state index >= 15 is 0 Å². The van der Waals surface area contributed by atoms with Gasteiger partial charge in [0.2, 0.25) is 0 Å². The molecule has 0 aliphatic heterocycles. The van der Waals surface area contributed by atoms with Crippen molar-refractivity contribution in [3.05, 3.63) is 69.6 Å². The number of phenolic OH excluding ortho intramolecular Hbond substituents is 1. The third kappa shape index (κ3) is 4.04. The van der Waals surface area contributed by atoms with E-state index in [-0.39, 0.29) is 17.2 Å². The molecule has 0 fully saturated rings. The largest absolute Gasteiger partial charge is 0.507 e. The number of carbonyl (C=O) groups is 1. The number of aromatic nitrogens is 1. The van der Waals surface area contributed by atoms with Gasteiger partial charge in [-0.25, -0.2) is 4.98 Å². The fourth-order valence-corrected chi connectivity index (χ4v) is 3.01. The van der Waals surface area contributed by atoms with Crippen molar-refractivity contribution in [2.24, 2.45) is 0 Å². The van der Waals surface area contributed by atoms with Crippen LogP contribution < -0.4 is 10.6 Å². The number of benzene rings is 2. The maximum atomic E-state index is 12.1. The average Bonchev–Trinajstić information content (AvgIpc) is 3.00. The highest BCUT2D eigenvalue weighted by Gasteiger charge is 2.10. The number of carbonyl (C=O) groups excluding carboxylic acids is 1. The van der Waals surface area contributed by atoms with Crippen LogP contribution in [0.25, 0.3) is 0 Å². The normalized spacial score (nSPS) is 10.4. The highest BCUT2D eigenvalue weighted by molar-refractivity contribution is 7.15. The molecule has 3 rings (SSSR count). The van der Waals surface area contributed by atoms with E-state index in [1.807, 2.05) is 12.1 Å². The molecule has 7 heteroatoms. The SMILES string of the molecule is O=C(Nc1ccc(NCc2cnc(Cl)s2)cc1)c1ccccc1O. The van der Waals surface area contributed by atoms with Gasteiger partial charge in [-0.05, 0) is 36.4 Å². The van der Waals surface area contributed by atoms with Crippen LogP contribution >= 0.6 is 22.9 Å². The van der Waals surface area contributed by atoms with Gasteiger partial charge in [0.25, 0.3) is 5.91 Å². The molecule has 2 aromatic carbocycles. The van der Waals surface area contributed by atoms with Crippen LogP contribution in [-0.2, 0) is 6.54 Å². The zero-order valence-electron chi connectivity index (χ0n) is 12.5. The molecule has 24 heavy (non-hydrogen) atoms. The zero-order chi connectivity index (χ0) is 16.9. The van der Waals surface area contributed by atoms with E-state index in [2.05, 4.69) is 15.6 Å². The number of nitrogens with one attached hydrogen (secondary N) is 2. The molecule has 0 saturated carbocycles. The number of aromatic hydroxyl groups is 1. The highest BCUT2D eigenvalue weighted by Crippen LogP contribution is 2.21. The molecule has 1 aromatic heterocycles. The number of rotatable bonds is 5. The summed E-state index contributed by atoms with van der Waals surface area (Å²) in [6.45, 7) is 0.633. The molecule has 0 aliphatic rings. The van der Waals surface area contributed by atoms with Gasteiger partial charge in [0.1, 0.15) is 5.75 Å². The Morgan fingerprint density at radius 2 is 1.83 bits per heavy atom. The fraction of sp³-hybridized carbons (Fsp3) is 0.0588. The van der Waals surface area contributed by atoms with E-state index in [1.54, 1.807) is 36.5 Å². The predicted molar refractivity (Wildman–Crippen MR) is 97.0 cm³/mol. The fourth-order valence-electron chi connectivity index (χ4n) is 2.09. The van der Waals surface area contributed by atoms with Crippen molar-refractivity contribution < 1.29 is 9.90 Å². The Bertz CT molecular complexity index is 849. The van der Waals surface area contributed by atoms with Crippen LogP contribution in [0, 0.1) is 0 Å². The topological polar surface area (TPSA) is 74.2 Å². The standard InChI is InChI=1S/C17H14ClN3O2S/c18-17-20-10-13(24-17)9-19-11-5-7-12(8-6-11)21-16(23)14-3-1-2-4-15(14)22/h1-8,10,19,22H,9H2,(H,21,23). The second-order valence-corrected chi connectivity index (χ2v) is 6.68. The van der Waals surface area contributed by atoms with E-state index in [9.17, 15) is 9.90 Å². The molecule has 122 valence electrons. The van der Waals surface area contributed by atoms with E-state index in [0.29, 0.717) is 16.7 Å². The lowest BCUT2D eigenvalue weighted by molar-refractivity contribution is 0.102. The van der Waals surface area contributed by atoms with Crippen molar-refractivity contribution in [2.75, 3.05) is 10.6 Å². The third-order valence-electron chi connectivity index (χ3n) is 3.28. The number of phenols is 1. The van der Waals surface area contributed by atoms with Gasteiger partial charge in [-0.1, -0.05) is 23.7 Å². The maximum absolute atomic E-state index is 12.1. The van der Waals surface area contributed by atoms with Crippen molar-refractivity contribution in [2.45, 2.75) is 6.54 Å². The number of hydrogen-bond acceptors (Lipinski definition) is 5. The lowest BCUT2D eigenvalue weighted by Gasteiger charge is -2.08. The first-order chi connectivity index (χ1) is 11.6. The molecule has 0 atom stereocenters. The Labute approximate surface area is 147 Å². The molecule has 3 N–H and O–H groups in total. The molecule has 0 unspecified atom stereocenters. The quantitative estimate of drug-likeness (QED) is 0.632. The van der Waals surface area contributed by atoms with Crippen LogP contribution in [0.1, 0.15) is 15.2 Å². The van der Waals surface area contributed by atoms with Gasteiger partial charge in [0.05, 0.1) is 12.1 Å². The molecule has 1 heterocycles. The van der Waals surface area contributed by atoms with Crippen molar-refractivity contribution in [3.8, 4) is 5.75 Å². The van der Waals surface area contributed by atoms with E-state index < -0.39 is 0 Å². The first kappa shape index (κ1) is 16.3. The molecule has 3 aromatic rings. The summed E-state index contributed by atoms with van der Waals surface area (Å²) < 4.78 is 0.522. The Balaban J connectivity index is 1.60. The number of hydrogen-bond donors (Lipinski definition) is 3. The van der Waals surface area contributed by atoms with Crippen LogP contribution in [0.4, 0.5) is 11.4 Å². The van der Waals surface area contributed by atoms with Gasteiger partial charge < -0.3 is 15.7 Å². The summed E-state index contributed by atoms with van der Waals surface area (Å²) in [5.74, 6) is -0.399. The third-order valence-corrected chi connectivity index (χ3v) is 4.40. The summed E-state index contributed by atoms with van der Waals surface area (Å²) in [4.78, 5) is 17.2. The van der Waals surface area contributed by atoms with Crippen molar-refractivity contribution in [1.29, 1.82) is 0 Å². The molecule has 0 bridgehead atoms. The van der Waals surface area contributed by atoms with E-state index in [1.165, 1.54) is 17.4 Å². The molecule has 1 amide bonds. The van der Waals surface area contributed by atoms with Gasteiger partial charge in [0.15, 0.2) is 4.47 Å². The molecule has 0 saturated heterocycles. The zero-order valence-corrected chi connectivity index (χ0v) is 14.1. The van der Waals surface area contributed by atoms with Gasteiger partial charge in [-0.15, -0.1) is 11.3 Å². The van der Waals surface area contributed by atoms with Gasteiger partial charge in [0, 0.05) is 22.4 Å². The number of halogens is 1. The van der Waals surface area contributed by atoms with Crippen LogP contribution in [0.15, 0.2) is 54.7 Å². The number of para-hydroxylation sites is 1.